The first-order valence-corrected chi connectivity index (χ1v) is 7.86. The van der Waals surface area contributed by atoms with E-state index in [9.17, 15) is 14.9 Å². The molecule has 6 nitrogen and oxygen atoms in total. The Labute approximate surface area is 146 Å². The molecule has 0 atom stereocenters. The number of hydrogen-bond acceptors (Lipinski definition) is 5. The second kappa shape index (κ2) is 8.10. The number of allylic oxidation sites excluding steroid dienone is 1. The summed E-state index contributed by atoms with van der Waals surface area (Å²) in [5, 5.41) is 13.8. The monoisotopic (exact) mass is 340 g/mol. The molecule has 0 bridgehead atoms. The normalized spacial score (nSPS) is 10.9. The zero-order valence-corrected chi connectivity index (χ0v) is 14.4. The van der Waals surface area contributed by atoms with E-state index in [2.05, 4.69) is 5.32 Å². The standard InChI is InChI=1S/C19H20N2O4/c1-13(2)25-16-8-6-15(7-9-16)19(22)11-5-14-4-10-17(20-3)18(12-14)21(23)24/h4-13,20H,1-3H3/b11-5+. The molecule has 0 aromatic heterocycles. The molecule has 2 rings (SSSR count). The minimum Gasteiger partial charge on any atom is -0.491 e. The van der Waals surface area contributed by atoms with Crippen molar-refractivity contribution >= 4 is 23.2 Å². The van der Waals surface area contributed by atoms with Crippen molar-refractivity contribution < 1.29 is 14.5 Å². The molecule has 0 heterocycles. The van der Waals surface area contributed by atoms with Crippen LogP contribution in [0.2, 0.25) is 0 Å². The molecule has 130 valence electrons. The Morgan fingerprint density at radius 1 is 1.20 bits per heavy atom. The van der Waals surface area contributed by atoms with E-state index in [4.69, 9.17) is 4.74 Å². The van der Waals surface area contributed by atoms with E-state index in [0.717, 1.165) is 0 Å². The van der Waals surface area contributed by atoms with Gasteiger partial charge in [0.05, 0.1) is 11.0 Å². The number of nitro groups is 1. The molecule has 0 aliphatic carbocycles. The molecule has 0 spiro atoms. The summed E-state index contributed by atoms with van der Waals surface area (Å²) < 4.78 is 5.54. The van der Waals surface area contributed by atoms with Crippen molar-refractivity contribution in [2.24, 2.45) is 0 Å². The third-order valence-electron chi connectivity index (χ3n) is 3.43. The fraction of sp³-hybridized carbons (Fsp3) is 0.211. The summed E-state index contributed by atoms with van der Waals surface area (Å²) in [6, 6.07) is 11.6. The summed E-state index contributed by atoms with van der Waals surface area (Å²) >= 11 is 0. The Morgan fingerprint density at radius 3 is 2.44 bits per heavy atom. The molecular formula is C19H20N2O4. The average molecular weight is 340 g/mol. The summed E-state index contributed by atoms with van der Waals surface area (Å²) in [6.45, 7) is 3.86. The largest absolute Gasteiger partial charge is 0.491 e. The van der Waals surface area contributed by atoms with Crippen LogP contribution >= 0.6 is 0 Å². The van der Waals surface area contributed by atoms with E-state index in [-0.39, 0.29) is 17.6 Å². The molecule has 25 heavy (non-hydrogen) atoms. The van der Waals surface area contributed by atoms with E-state index in [1.54, 1.807) is 49.5 Å². The van der Waals surface area contributed by atoms with E-state index in [0.29, 0.717) is 22.6 Å². The van der Waals surface area contributed by atoms with E-state index < -0.39 is 4.92 Å². The van der Waals surface area contributed by atoms with E-state index in [1.165, 1.54) is 12.1 Å². The number of benzene rings is 2. The highest BCUT2D eigenvalue weighted by Crippen LogP contribution is 2.25. The van der Waals surface area contributed by atoms with Gasteiger partial charge in [0, 0.05) is 18.7 Å². The average Bonchev–Trinajstić information content (AvgIpc) is 2.59. The van der Waals surface area contributed by atoms with Crippen LogP contribution in [0.25, 0.3) is 6.08 Å². The highest BCUT2D eigenvalue weighted by Gasteiger charge is 2.12. The topological polar surface area (TPSA) is 81.5 Å². The maximum Gasteiger partial charge on any atom is 0.292 e. The molecule has 0 unspecified atom stereocenters. The third kappa shape index (κ3) is 4.91. The number of ether oxygens (including phenoxy) is 1. The van der Waals surface area contributed by atoms with Gasteiger partial charge < -0.3 is 10.1 Å². The summed E-state index contributed by atoms with van der Waals surface area (Å²) in [7, 11) is 1.62. The number of anilines is 1. The molecule has 0 aliphatic heterocycles. The highest BCUT2D eigenvalue weighted by molar-refractivity contribution is 6.06. The van der Waals surface area contributed by atoms with Crippen molar-refractivity contribution in [2.45, 2.75) is 20.0 Å². The molecule has 0 amide bonds. The molecule has 1 N–H and O–H groups in total. The predicted octanol–water partition coefficient (Wildman–Crippen LogP) is 4.32. The Morgan fingerprint density at radius 2 is 1.88 bits per heavy atom. The van der Waals surface area contributed by atoms with Gasteiger partial charge in [-0.3, -0.25) is 14.9 Å². The second-order valence-corrected chi connectivity index (χ2v) is 5.67. The number of nitrogens with one attached hydrogen (secondary N) is 1. The Hall–Kier alpha value is -3.15. The third-order valence-corrected chi connectivity index (χ3v) is 3.43. The molecule has 0 saturated carbocycles. The molecule has 0 radical (unpaired) electrons. The first-order valence-electron chi connectivity index (χ1n) is 7.86. The zero-order chi connectivity index (χ0) is 18.4. The lowest BCUT2D eigenvalue weighted by molar-refractivity contribution is -0.383. The van der Waals surface area contributed by atoms with Gasteiger partial charge in [0.2, 0.25) is 0 Å². The number of nitro benzene ring substituents is 1. The maximum atomic E-state index is 12.2. The van der Waals surface area contributed by atoms with Crippen molar-refractivity contribution in [2.75, 3.05) is 12.4 Å². The number of carbonyl (C=O) groups is 1. The maximum absolute atomic E-state index is 12.2. The van der Waals surface area contributed by atoms with Crippen molar-refractivity contribution in [3.05, 3.63) is 69.8 Å². The molecule has 6 heteroatoms. The van der Waals surface area contributed by atoms with Crippen LogP contribution in [0.5, 0.6) is 5.75 Å². The number of nitrogens with zero attached hydrogens (tertiary/aromatic N) is 1. The van der Waals surface area contributed by atoms with Crippen molar-refractivity contribution in [1.82, 2.24) is 0 Å². The van der Waals surface area contributed by atoms with Crippen molar-refractivity contribution in [1.29, 1.82) is 0 Å². The van der Waals surface area contributed by atoms with Crippen molar-refractivity contribution in [3.8, 4) is 5.75 Å². The fourth-order valence-electron chi connectivity index (χ4n) is 2.25. The first-order chi connectivity index (χ1) is 11.9. The van der Waals surface area contributed by atoms with Gasteiger partial charge in [-0.25, -0.2) is 0 Å². The van der Waals surface area contributed by atoms with Crippen molar-refractivity contribution in [3.63, 3.8) is 0 Å². The molecular weight excluding hydrogens is 320 g/mol. The van der Waals surface area contributed by atoms with Gasteiger partial charge in [-0.2, -0.15) is 0 Å². The number of carbonyl (C=O) groups excluding carboxylic acids is 1. The molecule has 2 aromatic carbocycles. The lowest BCUT2D eigenvalue weighted by Gasteiger charge is -2.09. The lowest BCUT2D eigenvalue weighted by Crippen LogP contribution is -2.05. The highest BCUT2D eigenvalue weighted by atomic mass is 16.6. The summed E-state index contributed by atoms with van der Waals surface area (Å²) in [5.41, 5.74) is 1.49. The summed E-state index contributed by atoms with van der Waals surface area (Å²) in [4.78, 5) is 22.8. The van der Waals surface area contributed by atoms with Crippen LogP contribution in [-0.4, -0.2) is 23.9 Å². The number of ketones is 1. The van der Waals surface area contributed by atoms with Gasteiger partial charge in [0.15, 0.2) is 5.78 Å². The Balaban J connectivity index is 2.14. The lowest BCUT2D eigenvalue weighted by atomic mass is 10.1. The minimum absolute atomic E-state index is 0.0349. The Bertz CT molecular complexity index is 796. The second-order valence-electron chi connectivity index (χ2n) is 5.67. The smallest absolute Gasteiger partial charge is 0.292 e. The van der Waals surface area contributed by atoms with Gasteiger partial charge in [0.1, 0.15) is 11.4 Å². The van der Waals surface area contributed by atoms with Gasteiger partial charge in [-0.05, 0) is 55.8 Å². The minimum atomic E-state index is -0.460. The molecule has 0 fully saturated rings. The molecule has 2 aromatic rings. The van der Waals surface area contributed by atoms with Crippen LogP contribution in [0.4, 0.5) is 11.4 Å². The van der Waals surface area contributed by atoms with Gasteiger partial charge in [-0.15, -0.1) is 0 Å². The summed E-state index contributed by atoms with van der Waals surface area (Å²) in [5.74, 6) is 0.519. The van der Waals surface area contributed by atoms with Gasteiger partial charge in [0.25, 0.3) is 5.69 Å². The molecule has 0 aliphatic rings. The van der Waals surface area contributed by atoms with Gasteiger partial charge >= 0.3 is 0 Å². The SMILES string of the molecule is CNc1ccc(/C=C/C(=O)c2ccc(OC(C)C)cc2)cc1[N+](=O)[O-]. The van der Waals surface area contributed by atoms with Crippen LogP contribution in [0.3, 0.4) is 0 Å². The predicted molar refractivity (Wildman–Crippen MR) is 98.2 cm³/mol. The molecule has 0 saturated heterocycles. The van der Waals surface area contributed by atoms with Crippen LogP contribution in [0.15, 0.2) is 48.5 Å². The van der Waals surface area contributed by atoms with Crippen LogP contribution in [0.1, 0.15) is 29.8 Å². The number of hydrogen-bond donors (Lipinski definition) is 1. The zero-order valence-electron chi connectivity index (χ0n) is 14.4. The van der Waals surface area contributed by atoms with Crippen LogP contribution in [-0.2, 0) is 0 Å². The summed E-state index contributed by atoms with van der Waals surface area (Å²) in [6.07, 6.45) is 3.03. The first kappa shape index (κ1) is 18.2. The quantitative estimate of drug-likeness (QED) is 0.351. The van der Waals surface area contributed by atoms with Gasteiger partial charge in [-0.1, -0.05) is 12.1 Å². The van der Waals surface area contributed by atoms with E-state index in [1.807, 2.05) is 13.8 Å². The Kier molecular flexibility index (Phi) is 5.89. The van der Waals surface area contributed by atoms with E-state index >= 15 is 0 Å². The van der Waals surface area contributed by atoms with Crippen LogP contribution in [0, 0.1) is 10.1 Å². The fourth-order valence-corrected chi connectivity index (χ4v) is 2.25. The number of rotatable bonds is 7. The van der Waals surface area contributed by atoms with Crippen LogP contribution < -0.4 is 10.1 Å².